The summed E-state index contributed by atoms with van der Waals surface area (Å²) in [5, 5.41) is 2.39. The highest BCUT2D eigenvalue weighted by atomic mass is 32.2. The van der Waals surface area contributed by atoms with E-state index < -0.39 is 5.91 Å². The summed E-state index contributed by atoms with van der Waals surface area (Å²) in [6, 6.07) is 11.0. The molecule has 1 saturated heterocycles. The number of hydrogen-bond acceptors (Lipinski definition) is 7. The summed E-state index contributed by atoms with van der Waals surface area (Å²) in [7, 11) is 4.51. The zero-order valence-corrected chi connectivity index (χ0v) is 19.8. The Kier molecular flexibility index (Phi) is 8.00. The number of rotatable bonds is 9. The molecule has 3 amide bonds. The molecule has 0 saturated carbocycles. The standard InChI is InChI=1S/C24H26N2O6S/c1-15-7-5-6-8-17(15)14-21(27)25-9-10-26-23(28)20(33-24(26)29)13-16-11-18(30-2)22(32-4)19(12-16)31-3/h5-8,11-13H,9-10,14H2,1-4H3,(H,25,27)/b20-13-. The highest BCUT2D eigenvalue weighted by Crippen LogP contribution is 2.40. The number of methoxy groups -OCH3 is 3. The minimum atomic E-state index is -0.410. The van der Waals surface area contributed by atoms with E-state index in [0.29, 0.717) is 22.8 Å². The number of amides is 3. The molecule has 33 heavy (non-hydrogen) atoms. The Morgan fingerprint density at radius 3 is 2.33 bits per heavy atom. The summed E-state index contributed by atoms with van der Waals surface area (Å²) in [6.45, 7) is 2.22. The third-order valence-corrected chi connectivity index (χ3v) is 6.04. The SMILES string of the molecule is COc1cc(/C=C2\SC(=O)N(CCNC(=O)Cc3ccccc3C)C2=O)cc(OC)c1OC. The number of benzene rings is 2. The van der Waals surface area contributed by atoms with E-state index in [1.54, 1.807) is 18.2 Å². The first-order chi connectivity index (χ1) is 15.9. The first-order valence-electron chi connectivity index (χ1n) is 10.2. The first-order valence-corrected chi connectivity index (χ1v) is 11.1. The van der Waals surface area contributed by atoms with Crippen LogP contribution < -0.4 is 19.5 Å². The predicted molar refractivity (Wildman–Crippen MR) is 127 cm³/mol. The van der Waals surface area contributed by atoms with Crippen LogP contribution in [0.4, 0.5) is 4.79 Å². The average molecular weight is 471 g/mol. The van der Waals surface area contributed by atoms with Gasteiger partial charge in [-0.25, -0.2) is 0 Å². The van der Waals surface area contributed by atoms with E-state index in [0.717, 1.165) is 27.8 Å². The van der Waals surface area contributed by atoms with Crippen molar-refractivity contribution in [3.05, 3.63) is 58.0 Å². The molecule has 174 valence electrons. The summed E-state index contributed by atoms with van der Waals surface area (Å²) >= 11 is 0.850. The average Bonchev–Trinajstić information content (AvgIpc) is 3.07. The molecule has 0 radical (unpaired) electrons. The molecular weight excluding hydrogens is 444 g/mol. The Bertz CT molecular complexity index is 1070. The molecule has 9 heteroatoms. The smallest absolute Gasteiger partial charge is 0.293 e. The Labute approximate surface area is 196 Å². The van der Waals surface area contributed by atoms with E-state index >= 15 is 0 Å². The number of carbonyl (C=O) groups excluding carboxylic acids is 3. The van der Waals surface area contributed by atoms with Crippen molar-refractivity contribution in [1.82, 2.24) is 10.2 Å². The minimum Gasteiger partial charge on any atom is -0.493 e. The molecule has 0 spiro atoms. The molecule has 1 fully saturated rings. The van der Waals surface area contributed by atoms with Crippen LogP contribution in [-0.2, 0) is 16.0 Å². The fraction of sp³-hybridized carbons (Fsp3) is 0.292. The topological polar surface area (TPSA) is 94.2 Å². The summed E-state index contributed by atoms with van der Waals surface area (Å²) in [5.41, 5.74) is 2.60. The van der Waals surface area contributed by atoms with Crippen LogP contribution in [0.1, 0.15) is 16.7 Å². The Hall–Kier alpha value is -3.46. The third kappa shape index (κ3) is 5.67. The normalized spacial score (nSPS) is 14.5. The predicted octanol–water partition coefficient (Wildman–Crippen LogP) is 3.42. The van der Waals surface area contributed by atoms with Crippen molar-refractivity contribution in [1.29, 1.82) is 0 Å². The second-order valence-corrected chi connectivity index (χ2v) is 8.24. The fourth-order valence-corrected chi connectivity index (χ4v) is 4.24. The molecule has 1 N–H and O–H groups in total. The van der Waals surface area contributed by atoms with Crippen molar-refractivity contribution in [2.24, 2.45) is 0 Å². The maximum atomic E-state index is 12.8. The van der Waals surface area contributed by atoms with Crippen molar-refractivity contribution in [3.8, 4) is 17.2 Å². The van der Waals surface area contributed by atoms with Crippen LogP contribution in [0.2, 0.25) is 0 Å². The van der Waals surface area contributed by atoms with Gasteiger partial charge in [-0.3, -0.25) is 19.3 Å². The highest BCUT2D eigenvalue weighted by molar-refractivity contribution is 8.18. The Balaban J connectivity index is 1.64. The largest absolute Gasteiger partial charge is 0.493 e. The number of imide groups is 1. The second-order valence-electron chi connectivity index (χ2n) is 7.25. The molecule has 0 bridgehead atoms. The van der Waals surface area contributed by atoms with Crippen LogP contribution in [0.15, 0.2) is 41.3 Å². The van der Waals surface area contributed by atoms with Gasteiger partial charge in [0.1, 0.15) is 0 Å². The van der Waals surface area contributed by atoms with Gasteiger partial charge in [0.2, 0.25) is 11.7 Å². The molecule has 0 unspecified atom stereocenters. The maximum absolute atomic E-state index is 12.8. The third-order valence-electron chi connectivity index (χ3n) is 5.13. The number of ether oxygens (including phenoxy) is 3. The lowest BCUT2D eigenvalue weighted by Gasteiger charge is -2.14. The van der Waals surface area contributed by atoms with Gasteiger partial charge in [0, 0.05) is 13.1 Å². The molecule has 1 aliphatic heterocycles. The number of carbonyl (C=O) groups is 3. The summed E-state index contributed by atoms with van der Waals surface area (Å²) in [5.74, 6) is 0.750. The fourth-order valence-electron chi connectivity index (χ4n) is 3.38. The zero-order valence-electron chi connectivity index (χ0n) is 19.0. The van der Waals surface area contributed by atoms with Crippen molar-refractivity contribution < 1.29 is 28.6 Å². The van der Waals surface area contributed by atoms with Crippen molar-refractivity contribution >= 4 is 34.9 Å². The Morgan fingerprint density at radius 2 is 1.73 bits per heavy atom. The molecule has 0 aliphatic carbocycles. The summed E-state index contributed by atoms with van der Waals surface area (Å²) in [6.07, 6.45) is 1.85. The van der Waals surface area contributed by atoms with Crippen LogP contribution in [0.5, 0.6) is 17.2 Å². The second kappa shape index (κ2) is 10.9. The van der Waals surface area contributed by atoms with Crippen molar-refractivity contribution in [2.75, 3.05) is 34.4 Å². The highest BCUT2D eigenvalue weighted by Gasteiger charge is 2.34. The van der Waals surface area contributed by atoms with Crippen LogP contribution in [0, 0.1) is 6.92 Å². The molecule has 2 aromatic rings. The van der Waals surface area contributed by atoms with Crippen LogP contribution in [0.25, 0.3) is 6.08 Å². The zero-order chi connectivity index (χ0) is 24.0. The first kappa shape index (κ1) is 24.2. The lowest BCUT2D eigenvalue weighted by atomic mass is 10.1. The molecule has 3 rings (SSSR count). The maximum Gasteiger partial charge on any atom is 0.293 e. The quantitative estimate of drug-likeness (QED) is 0.561. The van der Waals surface area contributed by atoms with Crippen LogP contribution in [0.3, 0.4) is 0 Å². The van der Waals surface area contributed by atoms with E-state index in [1.807, 2.05) is 31.2 Å². The number of nitrogens with one attached hydrogen (secondary N) is 1. The summed E-state index contributed by atoms with van der Waals surface area (Å²) < 4.78 is 16.0. The van der Waals surface area contributed by atoms with Gasteiger partial charge in [-0.2, -0.15) is 0 Å². The molecule has 8 nitrogen and oxygen atoms in total. The molecule has 1 heterocycles. The van der Waals surface area contributed by atoms with Gasteiger partial charge >= 0.3 is 0 Å². The lowest BCUT2D eigenvalue weighted by molar-refractivity contribution is -0.124. The summed E-state index contributed by atoms with van der Waals surface area (Å²) in [4.78, 5) is 38.8. The van der Waals surface area contributed by atoms with Gasteiger partial charge in [0.25, 0.3) is 11.1 Å². The number of nitrogens with zero attached hydrogens (tertiary/aromatic N) is 1. The molecule has 0 atom stereocenters. The van der Waals surface area contributed by atoms with Gasteiger partial charge in [-0.1, -0.05) is 24.3 Å². The Morgan fingerprint density at radius 1 is 1.06 bits per heavy atom. The van der Waals surface area contributed by atoms with E-state index in [1.165, 1.54) is 21.3 Å². The number of hydrogen-bond donors (Lipinski definition) is 1. The van der Waals surface area contributed by atoms with Gasteiger partial charge in [0.15, 0.2) is 11.5 Å². The molecule has 0 aromatic heterocycles. The molecule has 1 aliphatic rings. The monoisotopic (exact) mass is 470 g/mol. The van der Waals surface area contributed by atoms with E-state index in [2.05, 4.69) is 5.32 Å². The van der Waals surface area contributed by atoms with Gasteiger partial charge in [-0.05, 0) is 53.6 Å². The van der Waals surface area contributed by atoms with Gasteiger partial charge in [0.05, 0.1) is 32.7 Å². The van der Waals surface area contributed by atoms with Crippen molar-refractivity contribution in [2.45, 2.75) is 13.3 Å². The van der Waals surface area contributed by atoms with Crippen LogP contribution >= 0.6 is 11.8 Å². The van der Waals surface area contributed by atoms with Gasteiger partial charge in [-0.15, -0.1) is 0 Å². The van der Waals surface area contributed by atoms with E-state index in [4.69, 9.17) is 14.2 Å². The molecule has 2 aromatic carbocycles. The number of thioether (sulfide) groups is 1. The molecular formula is C24H26N2O6S. The minimum absolute atomic E-state index is 0.0940. The van der Waals surface area contributed by atoms with Crippen LogP contribution in [-0.4, -0.2) is 56.4 Å². The van der Waals surface area contributed by atoms with E-state index in [9.17, 15) is 14.4 Å². The van der Waals surface area contributed by atoms with Gasteiger partial charge < -0.3 is 19.5 Å². The number of aryl methyl sites for hydroxylation is 1. The van der Waals surface area contributed by atoms with E-state index in [-0.39, 0.29) is 35.6 Å². The lowest BCUT2D eigenvalue weighted by Crippen LogP contribution is -2.37. The van der Waals surface area contributed by atoms with Crippen molar-refractivity contribution in [3.63, 3.8) is 0 Å².